The number of piperazine rings is 1. The number of rotatable bonds is 7. The lowest BCUT2D eigenvalue weighted by Gasteiger charge is -2.46. The van der Waals surface area contributed by atoms with Gasteiger partial charge in [-0.2, -0.15) is 0 Å². The van der Waals surface area contributed by atoms with E-state index >= 15 is 0 Å². The van der Waals surface area contributed by atoms with Crippen LogP contribution in [0.4, 0.5) is 0 Å². The van der Waals surface area contributed by atoms with E-state index in [-0.39, 0.29) is 0 Å². The molecule has 1 atom stereocenters. The number of hydrogen-bond acceptors (Lipinski definition) is 3. The first kappa shape index (κ1) is 14.9. The highest BCUT2D eigenvalue weighted by Gasteiger charge is 2.34. The Balaban J connectivity index is 2.40. The lowest BCUT2D eigenvalue weighted by atomic mass is 9.89. The Hall–Kier alpha value is -0.120. The van der Waals surface area contributed by atoms with Gasteiger partial charge in [-0.25, -0.2) is 0 Å². The molecule has 1 fully saturated rings. The molecule has 0 spiro atoms. The maximum atomic E-state index is 5.61. The fourth-order valence-electron chi connectivity index (χ4n) is 2.55. The van der Waals surface area contributed by atoms with Gasteiger partial charge in [-0.3, -0.25) is 4.90 Å². The van der Waals surface area contributed by atoms with Gasteiger partial charge in [-0.15, -0.1) is 0 Å². The first-order valence-electron chi connectivity index (χ1n) is 7.24. The lowest BCUT2D eigenvalue weighted by Crippen LogP contribution is -2.63. The van der Waals surface area contributed by atoms with Gasteiger partial charge in [-0.1, -0.05) is 20.8 Å². The van der Waals surface area contributed by atoms with Crippen molar-refractivity contribution in [1.29, 1.82) is 0 Å². The zero-order valence-electron chi connectivity index (χ0n) is 12.1. The van der Waals surface area contributed by atoms with Crippen molar-refractivity contribution in [2.45, 2.75) is 58.5 Å². The minimum absolute atomic E-state index is 0.331. The molecular weight excluding hydrogens is 212 g/mol. The predicted octanol–water partition coefficient (Wildman–Crippen LogP) is 2.27. The van der Waals surface area contributed by atoms with Gasteiger partial charge in [0.15, 0.2) is 0 Å². The quantitative estimate of drug-likeness (QED) is 0.693. The van der Waals surface area contributed by atoms with E-state index in [2.05, 4.69) is 37.9 Å². The Morgan fingerprint density at radius 3 is 2.53 bits per heavy atom. The molecule has 1 unspecified atom stereocenters. The molecule has 0 aromatic carbocycles. The van der Waals surface area contributed by atoms with E-state index in [1.165, 1.54) is 12.8 Å². The zero-order chi connectivity index (χ0) is 12.7. The maximum absolute atomic E-state index is 5.61. The minimum atomic E-state index is 0.331. The molecule has 0 bridgehead atoms. The third kappa shape index (κ3) is 4.23. The topological polar surface area (TPSA) is 24.5 Å². The van der Waals surface area contributed by atoms with Crippen LogP contribution in [0, 0.1) is 0 Å². The van der Waals surface area contributed by atoms with Crippen LogP contribution in [0.3, 0.4) is 0 Å². The highest BCUT2D eigenvalue weighted by Crippen LogP contribution is 2.22. The summed E-state index contributed by atoms with van der Waals surface area (Å²) in [7, 11) is 0. The molecule has 0 radical (unpaired) electrons. The third-order valence-corrected chi connectivity index (χ3v) is 4.13. The van der Waals surface area contributed by atoms with E-state index in [4.69, 9.17) is 4.74 Å². The molecule has 3 heteroatoms. The molecule has 0 aromatic heterocycles. The van der Waals surface area contributed by atoms with Crippen molar-refractivity contribution in [2.24, 2.45) is 0 Å². The standard InChI is InChI=1S/C14H30N2O/c1-5-9-17-10-8-16-12-14(6-2,7-3)15-11-13(16)4/h13,15H,5-12H2,1-4H3. The van der Waals surface area contributed by atoms with Gasteiger partial charge in [0, 0.05) is 37.8 Å². The van der Waals surface area contributed by atoms with Gasteiger partial charge >= 0.3 is 0 Å². The Morgan fingerprint density at radius 1 is 1.24 bits per heavy atom. The number of hydrogen-bond donors (Lipinski definition) is 1. The van der Waals surface area contributed by atoms with Crippen molar-refractivity contribution in [2.75, 3.05) is 32.8 Å². The summed E-state index contributed by atoms with van der Waals surface area (Å²) in [6, 6.07) is 0.631. The van der Waals surface area contributed by atoms with Gasteiger partial charge in [0.2, 0.25) is 0 Å². The molecular formula is C14H30N2O. The molecule has 17 heavy (non-hydrogen) atoms. The second kappa shape index (κ2) is 7.34. The van der Waals surface area contributed by atoms with Crippen LogP contribution in [0.5, 0.6) is 0 Å². The Labute approximate surface area is 107 Å². The highest BCUT2D eigenvalue weighted by molar-refractivity contribution is 4.95. The summed E-state index contributed by atoms with van der Waals surface area (Å²) in [6.45, 7) is 14.2. The van der Waals surface area contributed by atoms with E-state index in [1.807, 2.05) is 0 Å². The highest BCUT2D eigenvalue weighted by atomic mass is 16.5. The Morgan fingerprint density at radius 2 is 1.94 bits per heavy atom. The summed E-state index contributed by atoms with van der Waals surface area (Å²) in [5.74, 6) is 0. The van der Waals surface area contributed by atoms with Crippen molar-refractivity contribution in [3.05, 3.63) is 0 Å². The van der Waals surface area contributed by atoms with E-state index in [0.29, 0.717) is 11.6 Å². The number of nitrogens with zero attached hydrogens (tertiary/aromatic N) is 1. The van der Waals surface area contributed by atoms with Crippen LogP contribution < -0.4 is 5.32 Å². The van der Waals surface area contributed by atoms with E-state index in [1.54, 1.807) is 0 Å². The summed E-state index contributed by atoms with van der Waals surface area (Å²) >= 11 is 0. The molecule has 1 N–H and O–H groups in total. The summed E-state index contributed by atoms with van der Waals surface area (Å²) in [6.07, 6.45) is 3.54. The smallest absolute Gasteiger partial charge is 0.0593 e. The largest absolute Gasteiger partial charge is 0.380 e. The van der Waals surface area contributed by atoms with Crippen molar-refractivity contribution < 1.29 is 4.74 Å². The van der Waals surface area contributed by atoms with E-state index < -0.39 is 0 Å². The molecule has 0 aliphatic carbocycles. The number of ether oxygens (including phenoxy) is 1. The third-order valence-electron chi connectivity index (χ3n) is 4.13. The molecule has 1 rings (SSSR count). The van der Waals surface area contributed by atoms with Crippen molar-refractivity contribution in [3.63, 3.8) is 0 Å². The van der Waals surface area contributed by atoms with Gasteiger partial charge in [0.25, 0.3) is 0 Å². The van der Waals surface area contributed by atoms with Crippen LogP contribution in [-0.2, 0) is 4.74 Å². The second-order valence-corrected chi connectivity index (χ2v) is 5.30. The molecule has 1 heterocycles. The van der Waals surface area contributed by atoms with Crippen LogP contribution in [0.1, 0.15) is 47.0 Å². The molecule has 0 amide bonds. The van der Waals surface area contributed by atoms with E-state index in [0.717, 1.165) is 39.3 Å². The van der Waals surface area contributed by atoms with Crippen LogP contribution in [0.15, 0.2) is 0 Å². The van der Waals surface area contributed by atoms with Crippen LogP contribution in [0.2, 0.25) is 0 Å². The summed E-state index contributed by atoms with van der Waals surface area (Å²) in [5.41, 5.74) is 0.331. The first-order chi connectivity index (χ1) is 8.17. The fourth-order valence-corrected chi connectivity index (χ4v) is 2.55. The fraction of sp³-hybridized carbons (Fsp3) is 1.00. The van der Waals surface area contributed by atoms with Crippen molar-refractivity contribution in [3.8, 4) is 0 Å². The summed E-state index contributed by atoms with van der Waals surface area (Å²) < 4.78 is 5.61. The average molecular weight is 242 g/mol. The van der Waals surface area contributed by atoms with Gasteiger partial charge in [0.1, 0.15) is 0 Å². The molecule has 1 aliphatic heterocycles. The Kier molecular flexibility index (Phi) is 6.45. The molecule has 1 aliphatic rings. The van der Waals surface area contributed by atoms with E-state index in [9.17, 15) is 0 Å². The molecule has 3 nitrogen and oxygen atoms in total. The molecule has 102 valence electrons. The van der Waals surface area contributed by atoms with Crippen LogP contribution in [-0.4, -0.2) is 49.3 Å². The van der Waals surface area contributed by atoms with Crippen LogP contribution in [0.25, 0.3) is 0 Å². The second-order valence-electron chi connectivity index (χ2n) is 5.30. The zero-order valence-corrected chi connectivity index (χ0v) is 12.1. The van der Waals surface area contributed by atoms with Gasteiger partial charge in [0.05, 0.1) is 6.61 Å². The van der Waals surface area contributed by atoms with Crippen LogP contribution >= 0.6 is 0 Å². The molecule has 0 saturated carbocycles. The molecule has 0 aromatic rings. The van der Waals surface area contributed by atoms with Crippen molar-refractivity contribution >= 4 is 0 Å². The molecule has 1 saturated heterocycles. The maximum Gasteiger partial charge on any atom is 0.0593 e. The van der Waals surface area contributed by atoms with Gasteiger partial charge in [-0.05, 0) is 26.2 Å². The Bertz CT molecular complexity index is 204. The first-order valence-corrected chi connectivity index (χ1v) is 7.24. The average Bonchev–Trinajstić information content (AvgIpc) is 2.37. The minimum Gasteiger partial charge on any atom is -0.380 e. The monoisotopic (exact) mass is 242 g/mol. The summed E-state index contributed by atoms with van der Waals surface area (Å²) in [4.78, 5) is 2.58. The normalized spacial score (nSPS) is 25.1. The van der Waals surface area contributed by atoms with Crippen molar-refractivity contribution in [1.82, 2.24) is 10.2 Å². The van der Waals surface area contributed by atoms with Gasteiger partial charge < -0.3 is 10.1 Å². The summed E-state index contributed by atoms with van der Waals surface area (Å²) in [5, 5.41) is 3.73. The lowest BCUT2D eigenvalue weighted by molar-refractivity contribution is 0.0430. The SMILES string of the molecule is CCCOCCN1CC(CC)(CC)NCC1C. The predicted molar refractivity (Wildman–Crippen MR) is 73.5 cm³/mol. The number of nitrogens with one attached hydrogen (secondary N) is 1.